The zero-order valence-corrected chi connectivity index (χ0v) is 15.7. The van der Waals surface area contributed by atoms with Gasteiger partial charge in [0.05, 0.1) is 22.8 Å². The second-order valence-electron chi connectivity index (χ2n) is 4.77. The summed E-state index contributed by atoms with van der Waals surface area (Å²) in [7, 11) is -8.49. The highest BCUT2D eigenvalue weighted by molar-refractivity contribution is 8.10. The number of carboxylic acid groups (broad SMARTS) is 1. The molecule has 0 saturated heterocycles. The second-order valence-corrected chi connectivity index (χ2v) is 9.63. The topological polar surface area (TPSA) is 109 Å². The fourth-order valence-corrected chi connectivity index (χ4v) is 6.52. The molecule has 7 nitrogen and oxygen atoms in total. The summed E-state index contributed by atoms with van der Waals surface area (Å²) < 4.78 is 50.2. The molecule has 11 heteroatoms. The summed E-state index contributed by atoms with van der Waals surface area (Å²) in [5.41, 5.74) is -0.475. The Kier molecular flexibility index (Phi) is 7.78. The van der Waals surface area contributed by atoms with Crippen molar-refractivity contribution in [3.8, 4) is 0 Å². The van der Waals surface area contributed by atoms with Crippen LogP contribution >= 0.6 is 23.2 Å². The van der Waals surface area contributed by atoms with Crippen molar-refractivity contribution in [1.82, 2.24) is 0 Å². The monoisotopic (exact) mass is 417 g/mol. The van der Waals surface area contributed by atoms with E-state index in [0.717, 1.165) is 6.07 Å². The summed E-state index contributed by atoms with van der Waals surface area (Å²) in [5.74, 6) is -2.16. The smallest absolute Gasteiger partial charge is 0.335 e. The van der Waals surface area contributed by atoms with Crippen LogP contribution in [0.3, 0.4) is 0 Å². The van der Waals surface area contributed by atoms with Crippen molar-refractivity contribution in [3.05, 3.63) is 29.8 Å². The summed E-state index contributed by atoms with van der Waals surface area (Å²) in [4.78, 5) is 11.1. The molecule has 24 heavy (non-hydrogen) atoms. The number of rotatable bonds is 10. The first-order valence-electron chi connectivity index (χ1n) is 6.87. The van der Waals surface area contributed by atoms with E-state index >= 15 is 0 Å². The number of nitrogens with zero attached hydrogens (tertiary/aromatic N) is 1. The molecule has 0 aliphatic rings. The number of carbonyl (C=O) groups is 1. The Labute approximate surface area is 151 Å². The minimum atomic E-state index is -4.24. The lowest BCUT2D eigenvalue weighted by Crippen LogP contribution is -2.40. The van der Waals surface area contributed by atoms with Crippen molar-refractivity contribution in [2.45, 2.75) is 12.8 Å². The molecule has 0 aliphatic heterocycles. The third-order valence-electron chi connectivity index (χ3n) is 2.88. The number of halogens is 2. The summed E-state index contributed by atoms with van der Waals surface area (Å²) >= 11 is 11.0. The maximum Gasteiger partial charge on any atom is 0.335 e. The van der Waals surface area contributed by atoms with Gasteiger partial charge in [-0.15, -0.1) is 23.2 Å². The van der Waals surface area contributed by atoms with Gasteiger partial charge in [-0.05, 0) is 31.0 Å². The van der Waals surface area contributed by atoms with Crippen molar-refractivity contribution in [2.24, 2.45) is 0 Å². The molecular weight excluding hydrogens is 401 g/mol. The zero-order valence-electron chi connectivity index (χ0n) is 12.6. The van der Waals surface area contributed by atoms with Crippen molar-refractivity contribution < 1.29 is 26.7 Å². The highest BCUT2D eigenvalue weighted by atomic mass is 35.5. The Morgan fingerprint density at radius 3 is 1.92 bits per heavy atom. The van der Waals surface area contributed by atoms with E-state index in [9.17, 15) is 21.6 Å². The van der Waals surface area contributed by atoms with Gasteiger partial charge in [-0.25, -0.2) is 21.6 Å². The largest absolute Gasteiger partial charge is 0.478 e. The molecule has 0 spiro atoms. The Balaban J connectivity index is 3.44. The lowest BCUT2D eigenvalue weighted by molar-refractivity contribution is 0.0697. The van der Waals surface area contributed by atoms with Gasteiger partial charge in [0, 0.05) is 11.8 Å². The van der Waals surface area contributed by atoms with Crippen LogP contribution in [0.15, 0.2) is 24.3 Å². The number of carboxylic acids is 1. The van der Waals surface area contributed by atoms with Gasteiger partial charge in [0.25, 0.3) is 0 Å². The number of benzene rings is 1. The summed E-state index contributed by atoms with van der Waals surface area (Å²) in [5, 5.41) is 9.03. The fourth-order valence-electron chi connectivity index (χ4n) is 1.89. The lowest BCUT2D eigenvalue weighted by atomic mass is 10.2. The number of anilines is 1. The molecule has 1 rings (SSSR count). The molecule has 0 aliphatic carbocycles. The molecular formula is C13H17Cl2NO6S2. The van der Waals surface area contributed by atoms with E-state index in [2.05, 4.69) is 0 Å². The van der Waals surface area contributed by atoms with Gasteiger partial charge in [-0.1, -0.05) is 6.07 Å². The van der Waals surface area contributed by atoms with E-state index in [0.29, 0.717) is 0 Å². The average molecular weight is 418 g/mol. The minimum Gasteiger partial charge on any atom is -0.478 e. The molecule has 0 bridgehead atoms. The zero-order chi connectivity index (χ0) is 18.4. The molecule has 0 aromatic heterocycles. The highest BCUT2D eigenvalue weighted by Gasteiger charge is 2.33. The minimum absolute atomic E-state index is 0.0456. The number of hydrogen-bond donors (Lipinski definition) is 1. The van der Waals surface area contributed by atoms with E-state index in [1.807, 2.05) is 0 Å². The van der Waals surface area contributed by atoms with Crippen LogP contribution in [0.4, 0.5) is 5.69 Å². The van der Waals surface area contributed by atoms with Crippen LogP contribution in [-0.2, 0) is 20.0 Å². The van der Waals surface area contributed by atoms with Crippen LogP contribution in [0.25, 0.3) is 0 Å². The van der Waals surface area contributed by atoms with Crippen molar-refractivity contribution >= 4 is 54.9 Å². The van der Waals surface area contributed by atoms with E-state index in [4.69, 9.17) is 28.3 Å². The third kappa shape index (κ3) is 5.51. The van der Waals surface area contributed by atoms with E-state index in [1.54, 1.807) is 0 Å². The SMILES string of the molecule is O=C(O)c1cccc(N(S(=O)(=O)CCCCl)S(=O)(=O)CCCCl)c1. The van der Waals surface area contributed by atoms with Crippen molar-refractivity contribution in [1.29, 1.82) is 0 Å². The van der Waals surface area contributed by atoms with Gasteiger partial charge in [-0.3, -0.25) is 0 Å². The normalized spacial score (nSPS) is 12.1. The van der Waals surface area contributed by atoms with Crippen LogP contribution in [-0.4, -0.2) is 51.2 Å². The fraction of sp³-hybridized carbons (Fsp3) is 0.462. The Morgan fingerprint density at radius 2 is 1.50 bits per heavy atom. The standard InChI is InChI=1S/C13H17Cl2NO6S2/c14-6-2-8-23(19,20)16(24(21,22)9-3-7-15)12-5-1-4-11(10-12)13(17)18/h1,4-5,10H,2-3,6-9H2,(H,17,18). The number of hydrogen-bond acceptors (Lipinski definition) is 5. The highest BCUT2D eigenvalue weighted by Crippen LogP contribution is 2.25. The molecule has 0 unspecified atom stereocenters. The molecule has 0 atom stereocenters. The number of alkyl halides is 2. The van der Waals surface area contributed by atoms with Crippen molar-refractivity contribution in [2.75, 3.05) is 27.0 Å². The van der Waals surface area contributed by atoms with Gasteiger partial charge in [0.1, 0.15) is 0 Å². The first kappa shape index (κ1) is 21.0. The van der Waals surface area contributed by atoms with E-state index in [-0.39, 0.29) is 39.6 Å². The molecule has 0 amide bonds. The van der Waals surface area contributed by atoms with Crippen LogP contribution < -0.4 is 3.71 Å². The molecule has 0 fully saturated rings. The van der Waals surface area contributed by atoms with Gasteiger partial charge >= 0.3 is 5.97 Å². The molecule has 1 N–H and O–H groups in total. The first-order valence-corrected chi connectivity index (χ1v) is 11.2. The maximum absolute atomic E-state index is 12.5. The molecule has 136 valence electrons. The van der Waals surface area contributed by atoms with Crippen LogP contribution in [0.5, 0.6) is 0 Å². The molecule has 0 saturated carbocycles. The Bertz CT molecular complexity index is 741. The van der Waals surface area contributed by atoms with E-state index in [1.165, 1.54) is 18.2 Å². The van der Waals surface area contributed by atoms with E-state index < -0.39 is 37.5 Å². The van der Waals surface area contributed by atoms with Crippen LogP contribution in [0, 0.1) is 0 Å². The lowest BCUT2D eigenvalue weighted by Gasteiger charge is -2.24. The molecule has 1 aromatic rings. The van der Waals surface area contributed by atoms with Gasteiger partial charge in [-0.2, -0.15) is 3.71 Å². The quantitative estimate of drug-likeness (QED) is 0.583. The van der Waals surface area contributed by atoms with Crippen LogP contribution in [0.2, 0.25) is 0 Å². The molecule has 0 radical (unpaired) electrons. The molecule has 0 heterocycles. The predicted octanol–water partition coefficient (Wildman–Crippen LogP) is 2.11. The molecule has 1 aromatic carbocycles. The maximum atomic E-state index is 12.5. The Hall–Kier alpha value is -1.03. The van der Waals surface area contributed by atoms with Gasteiger partial charge in [0.2, 0.25) is 20.0 Å². The van der Waals surface area contributed by atoms with Crippen molar-refractivity contribution in [3.63, 3.8) is 0 Å². The van der Waals surface area contributed by atoms with Crippen LogP contribution in [0.1, 0.15) is 23.2 Å². The third-order valence-corrected chi connectivity index (χ3v) is 7.82. The second kappa shape index (κ2) is 8.89. The number of sulfonamides is 2. The summed E-state index contributed by atoms with van der Waals surface area (Å²) in [6, 6.07) is 4.74. The number of aromatic carboxylic acids is 1. The summed E-state index contributed by atoms with van der Waals surface area (Å²) in [6.07, 6.45) is 0.119. The van der Waals surface area contributed by atoms with Gasteiger partial charge < -0.3 is 5.11 Å². The summed E-state index contributed by atoms with van der Waals surface area (Å²) in [6.45, 7) is 0. The van der Waals surface area contributed by atoms with Gasteiger partial charge in [0.15, 0.2) is 0 Å². The average Bonchev–Trinajstić information content (AvgIpc) is 2.51. The predicted molar refractivity (Wildman–Crippen MR) is 94.1 cm³/mol. The first-order chi connectivity index (χ1) is 11.2. The Morgan fingerprint density at radius 1 is 1.00 bits per heavy atom.